The molecule has 7 heteroatoms. The van der Waals surface area contributed by atoms with Crippen LogP contribution in [0.1, 0.15) is 58.3 Å². The Labute approximate surface area is 176 Å². The van der Waals surface area contributed by atoms with Crippen LogP contribution in [0.3, 0.4) is 0 Å². The van der Waals surface area contributed by atoms with E-state index in [4.69, 9.17) is 15.2 Å². The quantitative estimate of drug-likeness (QED) is 0.572. The molecule has 0 aliphatic carbocycles. The largest absolute Gasteiger partial charge is 0.460 e. The molecule has 0 saturated carbocycles. The number of rotatable bonds is 5. The van der Waals surface area contributed by atoms with Gasteiger partial charge in [0, 0.05) is 5.69 Å². The summed E-state index contributed by atoms with van der Waals surface area (Å²) in [6.07, 6.45) is -0.356. The lowest BCUT2D eigenvalue weighted by molar-refractivity contribution is -0.164. The normalized spacial score (nSPS) is 12.9. The molecule has 7 nitrogen and oxygen atoms in total. The van der Waals surface area contributed by atoms with Crippen LogP contribution in [0.25, 0.3) is 10.8 Å². The zero-order valence-electron chi connectivity index (χ0n) is 18.4. The molecule has 0 spiro atoms. The topological polar surface area (TPSA) is 108 Å². The summed E-state index contributed by atoms with van der Waals surface area (Å²) in [6, 6.07) is 9.61. The molecule has 0 heterocycles. The molecular formula is C23H30N2O5. The molecule has 162 valence electrons. The van der Waals surface area contributed by atoms with Gasteiger partial charge in [0.05, 0.1) is 12.0 Å². The first-order valence-corrected chi connectivity index (χ1v) is 9.79. The highest BCUT2D eigenvalue weighted by molar-refractivity contribution is 6.05. The number of nitrogens with one attached hydrogen (secondary N) is 1. The average molecular weight is 415 g/mol. The summed E-state index contributed by atoms with van der Waals surface area (Å²) in [4.78, 5) is 37.8. The number of hydrogen-bond acceptors (Lipinski definition) is 6. The number of anilines is 1. The SMILES string of the molecule is CC(C)(C)OC(=O)C[C@H](NC(=O)c1cc2ccccc2cc1N)C(=O)OC(C)(C)C. The molecule has 0 aromatic heterocycles. The molecule has 2 aromatic rings. The molecule has 2 rings (SSSR count). The number of nitrogens with two attached hydrogens (primary N) is 1. The maximum absolute atomic E-state index is 12.9. The van der Waals surface area contributed by atoms with Crippen LogP contribution in [0.4, 0.5) is 5.69 Å². The summed E-state index contributed by atoms with van der Waals surface area (Å²) in [5.41, 5.74) is 5.04. The van der Waals surface area contributed by atoms with Crippen molar-refractivity contribution >= 4 is 34.3 Å². The van der Waals surface area contributed by atoms with Crippen molar-refractivity contribution in [3.8, 4) is 0 Å². The summed E-state index contributed by atoms with van der Waals surface area (Å²) in [6.45, 7) is 10.3. The first-order valence-electron chi connectivity index (χ1n) is 9.79. The van der Waals surface area contributed by atoms with Crippen LogP contribution in [0.5, 0.6) is 0 Å². The Bertz CT molecular complexity index is 954. The van der Waals surface area contributed by atoms with E-state index >= 15 is 0 Å². The van der Waals surface area contributed by atoms with E-state index in [9.17, 15) is 14.4 Å². The second-order valence-corrected chi connectivity index (χ2v) is 9.14. The number of carbonyl (C=O) groups is 3. The van der Waals surface area contributed by atoms with Gasteiger partial charge in [0.25, 0.3) is 5.91 Å². The fourth-order valence-electron chi connectivity index (χ4n) is 2.81. The van der Waals surface area contributed by atoms with Gasteiger partial charge in [-0.15, -0.1) is 0 Å². The van der Waals surface area contributed by atoms with Crippen molar-refractivity contribution in [3.63, 3.8) is 0 Å². The van der Waals surface area contributed by atoms with Crippen LogP contribution >= 0.6 is 0 Å². The summed E-state index contributed by atoms with van der Waals surface area (Å²) < 4.78 is 10.7. The molecule has 30 heavy (non-hydrogen) atoms. The van der Waals surface area contributed by atoms with Crippen molar-refractivity contribution in [3.05, 3.63) is 42.0 Å². The summed E-state index contributed by atoms with van der Waals surface area (Å²) in [7, 11) is 0. The fraction of sp³-hybridized carbons (Fsp3) is 0.435. The molecule has 1 amide bonds. The van der Waals surface area contributed by atoms with Gasteiger partial charge in [0.15, 0.2) is 0 Å². The highest BCUT2D eigenvalue weighted by Gasteiger charge is 2.31. The van der Waals surface area contributed by atoms with Gasteiger partial charge in [-0.05, 0) is 64.4 Å². The van der Waals surface area contributed by atoms with Gasteiger partial charge in [-0.3, -0.25) is 9.59 Å². The molecule has 1 atom stereocenters. The number of amides is 1. The highest BCUT2D eigenvalue weighted by Crippen LogP contribution is 2.22. The Kier molecular flexibility index (Phi) is 6.75. The first kappa shape index (κ1) is 23.2. The Morgan fingerprint density at radius 1 is 0.933 bits per heavy atom. The molecule has 0 aliphatic rings. The van der Waals surface area contributed by atoms with Crippen LogP contribution < -0.4 is 11.1 Å². The predicted octanol–water partition coefficient (Wildman–Crippen LogP) is 3.59. The van der Waals surface area contributed by atoms with E-state index in [-0.39, 0.29) is 17.7 Å². The van der Waals surface area contributed by atoms with E-state index in [1.54, 1.807) is 53.7 Å². The maximum Gasteiger partial charge on any atom is 0.329 e. The summed E-state index contributed by atoms with van der Waals surface area (Å²) in [5, 5.41) is 4.31. The third-order valence-electron chi connectivity index (χ3n) is 3.95. The number of esters is 2. The van der Waals surface area contributed by atoms with E-state index in [1.165, 1.54) is 0 Å². The van der Waals surface area contributed by atoms with Gasteiger partial charge in [-0.25, -0.2) is 4.79 Å². The van der Waals surface area contributed by atoms with Crippen LogP contribution in [-0.2, 0) is 19.1 Å². The van der Waals surface area contributed by atoms with Crippen LogP contribution in [0.15, 0.2) is 36.4 Å². The minimum absolute atomic E-state index is 0.214. The number of ether oxygens (including phenoxy) is 2. The first-order chi connectivity index (χ1) is 13.7. The van der Waals surface area contributed by atoms with E-state index < -0.39 is 35.1 Å². The highest BCUT2D eigenvalue weighted by atomic mass is 16.6. The molecule has 2 aromatic carbocycles. The van der Waals surface area contributed by atoms with Gasteiger partial charge in [0.1, 0.15) is 17.2 Å². The molecule has 0 saturated heterocycles. The second-order valence-electron chi connectivity index (χ2n) is 9.14. The van der Waals surface area contributed by atoms with E-state index in [1.807, 2.05) is 24.3 Å². The fourth-order valence-corrected chi connectivity index (χ4v) is 2.81. The average Bonchev–Trinajstić information content (AvgIpc) is 2.57. The van der Waals surface area contributed by atoms with E-state index in [2.05, 4.69) is 5.32 Å². The van der Waals surface area contributed by atoms with Crippen LogP contribution in [0, 0.1) is 0 Å². The van der Waals surface area contributed by atoms with Gasteiger partial charge in [-0.1, -0.05) is 24.3 Å². The van der Waals surface area contributed by atoms with Gasteiger partial charge >= 0.3 is 11.9 Å². The van der Waals surface area contributed by atoms with Crippen molar-refractivity contribution in [1.29, 1.82) is 0 Å². The third kappa shape index (κ3) is 6.76. The molecule has 0 fully saturated rings. The number of benzene rings is 2. The Morgan fingerprint density at radius 2 is 1.47 bits per heavy atom. The van der Waals surface area contributed by atoms with Gasteiger partial charge in [0.2, 0.25) is 0 Å². The van der Waals surface area contributed by atoms with Crippen LogP contribution in [0.2, 0.25) is 0 Å². The monoisotopic (exact) mass is 414 g/mol. The third-order valence-corrected chi connectivity index (χ3v) is 3.95. The molecule has 0 unspecified atom stereocenters. The Morgan fingerprint density at radius 3 is 2.00 bits per heavy atom. The number of carbonyl (C=O) groups excluding carboxylic acids is 3. The smallest absolute Gasteiger partial charge is 0.329 e. The predicted molar refractivity (Wildman–Crippen MR) is 116 cm³/mol. The minimum Gasteiger partial charge on any atom is -0.460 e. The summed E-state index contributed by atoms with van der Waals surface area (Å²) in [5.74, 6) is -1.91. The molecular weight excluding hydrogens is 384 g/mol. The van der Waals surface area contributed by atoms with E-state index in [0.717, 1.165) is 10.8 Å². The molecule has 3 N–H and O–H groups in total. The number of hydrogen-bond donors (Lipinski definition) is 2. The maximum atomic E-state index is 12.9. The molecule has 0 aliphatic heterocycles. The summed E-state index contributed by atoms with van der Waals surface area (Å²) >= 11 is 0. The number of fused-ring (bicyclic) bond motifs is 1. The lowest BCUT2D eigenvalue weighted by Gasteiger charge is -2.26. The lowest BCUT2D eigenvalue weighted by Crippen LogP contribution is -2.46. The van der Waals surface area contributed by atoms with E-state index in [0.29, 0.717) is 0 Å². The van der Waals surface area contributed by atoms with Gasteiger partial charge < -0.3 is 20.5 Å². The Balaban J connectivity index is 2.27. The van der Waals surface area contributed by atoms with Crippen molar-refractivity contribution in [2.75, 3.05) is 5.73 Å². The van der Waals surface area contributed by atoms with Crippen molar-refractivity contribution in [2.45, 2.75) is 65.2 Å². The zero-order valence-corrected chi connectivity index (χ0v) is 18.4. The minimum atomic E-state index is -1.21. The molecule has 0 radical (unpaired) electrons. The number of nitrogen functional groups attached to an aromatic ring is 1. The Hall–Kier alpha value is -3.09. The van der Waals surface area contributed by atoms with Crippen molar-refractivity contribution in [2.24, 2.45) is 0 Å². The van der Waals surface area contributed by atoms with Crippen molar-refractivity contribution < 1.29 is 23.9 Å². The second kappa shape index (κ2) is 8.73. The lowest BCUT2D eigenvalue weighted by atomic mass is 10.0. The van der Waals surface area contributed by atoms with Crippen LogP contribution in [-0.4, -0.2) is 35.1 Å². The standard InChI is InChI=1S/C23H30N2O5/c1-22(2,3)29-19(26)13-18(21(28)30-23(4,5)6)25-20(27)16-11-14-9-7-8-10-15(14)12-17(16)24/h7-12,18H,13,24H2,1-6H3,(H,25,27)/t18-/m0/s1. The molecule has 0 bridgehead atoms. The zero-order chi connectivity index (χ0) is 22.7. The van der Waals surface area contributed by atoms with Crippen molar-refractivity contribution in [1.82, 2.24) is 5.32 Å². The van der Waals surface area contributed by atoms with Gasteiger partial charge in [-0.2, -0.15) is 0 Å².